The number of anilines is 1. The van der Waals surface area contributed by atoms with E-state index in [9.17, 15) is 40.3 Å². The lowest BCUT2D eigenvalue weighted by Gasteiger charge is -2.27. The van der Waals surface area contributed by atoms with E-state index in [0.29, 0.717) is 42.1 Å². The fraction of sp³-hybridized carbons (Fsp3) is 0.351. The summed E-state index contributed by atoms with van der Waals surface area (Å²) in [5.41, 5.74) is 3.27. The number of imide groups is 1. The molecule has 3 heterocycles. The Labute approximate surface area is 303 Å². The van der Waals surface area contributed by atoms with Crippen molar-refractivity contribution in [1.82, 2.24) is 5.06 Å². The summed E-state index contributed by atoms with van der Waals surface area (Å²) in [6, 6.07) is 8.86. The molecule has 1 saturated heterocycles. The molecule has 0 radical (unpaired) electrons. The standard InChI is InChI=1S/C37H41N3O10S2/c1-36(2)27-23-25(51(44,45)46)16-18-29(27)38-31(36)13-9-6-5-7-10-14-32-37(3,4)28-24-26(52(47,48)49)17-19-30(28)39(32)22-12-8-11-15-35(43)50-40-33(41)20-21-34(40)42/h5-7,9-10,13-14,16-19,23-24H,8,11-12,15,20-22H2,1-4H3,(H,44,45,46)(H,47,48,49)/b6-5+,10-7+,13-9+,32-14+. The zero-order chi connectivity index (χ0) is 38.1. The number of hydroxylamine groups is 2. The zero-order valence-electron chi connectivity index (χ0n) is 29.3. The number of rotatable bonds is 13. The van der Waals surface area contributed by atoms with Crippen LogP contribution in [0.25, 0.3) is 0 Å². The summed E-state index contributed by atoms with van der Waals surface area (Å²) < 4.78 is 66.4. The first-order valence-electron chi connectivity index (χ1n) is 16.7. The first kappa shape index (κ1) is 38.5. The van der Waals surface area contributed by atoms with Crippen molar-refractivity contribution >= 4 is 55.1 Å². The first-order chi connectivity index (χ1) is 24.3. The third-order valence-corrected chi connectivity index (χ3v) is 11.1. The average molecular weight is 752 g/mol. The van der Waals surface area contributed by atoms with Crippen LogP contribution in [0.1, 0.15) is 77.3 Å². The molecule has 0 unspecified atom stereocenters. The van der Waals surface area contributed by atoms with Crippen LogP contribution in [0.4, 0.5) is 11.4 Å². The van der Waals surface area contributed by atoms with E-state index in [1.54, 1.807) is 12.1 Å². The topological polar surface area (TPSA) is 188 Å². The Morgan fingerprint density at radius 3 is 2.06 bits per heavy atom. The Morgan fingerprint density at radius 2 is 1.40 bits per heavy atom. The van der Waals surface area contributed by atoms with Gasteiger partial charge in [0.1, 0.15) is 0 Å². The van der Waals surface area contributed by atoms with Crippen molar-refractivity contribution in [2.45, 2.75) is 86.8 Å². The molecule has 276 valence electrons. The molecule has 3 aliphatic rings. The Bertz CT molecular complexity index is 2160. The van der Waals surface area contributed by atoms with Crippen molar-refractivity contribution in [3.8, 4) is 0 Å². The molecule has 0 aliphatic carbocycles. The summed E-state index contributed by atoms with van der Waals surface area (Å²) >= 11 is 0. The summed E-state index contributed by atoms with van der Waals surface area (Å²) in [7, 11) is -8.77. The highest BCUT2D eigenvalue weighted by Gasteiger charge is 2.40. The van der Waals surface area contributed by atoms with Gasteiger partial charge in [-0.1, -0.05) is 64.5 Å². The summed E-state index contributed by atoms with van der Waals surface area (Å²) in [6.45, 7) is 8.33. The lowest BCUT2D eigenvalue weighted by molar-refractivity contribution is -0.197. The monoisotopic (exact) mass is 751 g/mol. The number of amides is 2. The smallest absolute Gasteiger partial charge is 0.333 e. The fourth-order valence-electron chi connectivity index (χ4n) is 6.49. The van der Waals surface area contributed by atoms with E-state index in [2.05, 4.69) is 9.89 Å². The maximum absolute atomic E-state index is 12.2. The third kappa shape index (κ3) is 8.17. The normalized spacial score (nSPS) is 19.0. The second-order valence-electron chi connectivity index (χ2n) is 13.7. The number of aliphatic imine (C=N–C) groups is 1. The Kier molecular flexibility index (Phi) is 10.9. The molecule has 2 aromatic carbocycles. The van der Waals surface area contributed by atoms with Crippen LogP contribution in [0.15, 0.2) is 99.4 Å². The Morgan fingerprint density at radius 1 is 0.808 bits per heavy atom. The molecule has 52 heavy (non-hydrogen) atoms. The minimum atomic E-state index is -4.42. The third-order valence-electron chi connectivity index (χ3n) is 9.40. The molecular formula is C37H41N3O10S2. The molecule has 13 nitrogen and oxygen atoms in total. The van der Waals surface area contributed by atoms with Gasteiger partial charge in [0.2, 0.25) is 0 Å². The van der Waals surface area contributed by atoms with Gasteiger partial charge in [-0.2, -0.15) is 16.8 Å². The first-order valence-corrected chi connectivity index (χ1v) is 19.6. The quantitative estimate of drug-likeness (QED) is 0.105. The second kappa shape index (κ2) is 14.7. The molecule has 2 amide bonds. The highest BCUT2D eigenvalue weighted by molar-refractivity contribution is 7.86. The number of fused-ring (bicyclic) bond motifs is 2. The lowest BCUT2D eigenvalue weighted by Crippen LogP contribution is -2.32. The van der Waals surface area contributed by atoms with Crippen molar-refractivity contribution in [2.24, 2.45) is 4.99 Å². The highest BCUT2D eigenvalue weighted by Crippen LogP contribution is 2.48. The molecule has 0 bridgehead atoms. The number of hydrogen-bond acceptors (Lipinski definition) is 10. The highest BCUT2D eigenvalue weighted by atomic mass is 32.2. The molecular weight excluding hydrogens is 711 g/mol. The van der Waals surface area contributed by atoms with Crippen LogP contribution in [0.2, 0.25) is 0 Å². The molecule has 2 aromatic rings. The summed E-state index contributed by atoms with van der Waals surface area (Å²) in [5, 5.41) is 0.541. The molecule has 3 aliphatic heterocycles. The molecule has 0 atom stereocenters. The second-order valence-corrected chi connectivity index (χ2v) is 16.6. The summed E-state index contributed by atoms with van der Waals surface area (Å²) in [5.74, 6) is -1.70. The van der Waals surface area contributed by atoms with E-state index >= 15 is 0 Å². The number of allylic oxidation sites excluding steroid dienone is 8. The van der Waals surface area contributed by atoms with Gasteiger partial charge in [-0.3, -0.25) is 23.7 Å². The van der Waals surface area contributed by atoms with Crippen LogP contribution < -0.4 is 4.90 Å². The van der Waals surface area contributed by atoms with Gasteiger partial charge >= 0.3 is 5.97 Å². The van der Waals surface area contributed by atoms with Crippen molar-refractivity contribution in [2.75, 3.05) is 11.4 Å². The maximum Gasteiger partial charge on any atom is 0.333 e. The number of carbonyl (C=O) groups excluding carboxylic acids is 3. The molecule has 5 rings (SSSR count). The van der Waals surface area contributed by atoms with Gasteiger partial charge < -0.3 is 9.74 Å². The van der Waals surface area contributed by atoms with Gasteiger partial charge in [0.05, 0.1) is 21.2 Å². The Hall–Kier alpha value is -4.70. The van der Waals surface area contributed by atoms with E-state index in [0.717, 1.165) is 22.7 Å². The number of carbonyl (C=O) groups is 3. The van der Waals surface area contributed by atoms with Crippen molar-refractivity contribution in [1.29, 1.82) is 0 Å². The average Bonchev–Trinajstić information content (AvgIpc) is 3.59. The van der Waals surface area contributed by atoms with Crippen LogP contribution in [0.3, 0.4) is 0 Å². The number of nitrogens with zero attached hydrogens (tertiary/aromatic N) is 3. The van der Waals surface area contributed by atoms with Gasteiger partial charge in [-0.05, 0) is 72.5 Å². The molecule has 1 fully saturated rings. The summed E-state index contributed by atoms with van der Waals surface area (Å²) in [6.07, 6.45) is 14.8. The van der Waals surface area contributed by atoms with Gasteiger partial charge in [0.25, 0.3) is 32.1 Å². The summed E-state index contributed by atoms with van der Waals surface area (Å²) in [4.78, 5) is 46.9. The molecule has 0 spiro atoms. The van der Waals surface area contributed by atoms with Gasteiger partial charge in [0, 0.05) is 48.0 Å². The zero-order valence-corrected chi connectivity index (χ0v) is 30.9. The van der Waals surface area contributed by atoms with Crippen LogP contribution >= 0.6 is 0 Å². The van der Waals surface area contributed by atoms with Crippen LogP contribution in [-0.2, 0) is 50.3 Å². The van der Waals surface area contributed by atoms with Gasteiger partial charge in [0.15, 0.2) is 0 Å². The van der Waals surface area contributed by atoms with E-state index < -0.39 is 48.8 Å². The number of benzene rings is 2. The van der Waals surface area contributed by atoms with Crippen molar-refractivity contribution < 1.29 is 45.2 Å². The SMILES string of the molecule is CC1(C)C(/C=C/C=C/C=C/C=C2/N(CCCCCC(=O)ON3C(=O)CCC3=O)c3ccc(S(=O)(=O)O)cc3C2(C)C)=Nc2ccc(S(=O)(=O)O)cc21. The molecule has 0 saturated carbocycles. The minimum Gasteiger partial charge on any atom is -0.344 e. The molecule has 0 aromatic heterocycles. The van der Waals surface area contributed by atoms with E-state index in [4.69, 9.17) is 4.84 Å². The van der Waals surface area contributed by atoms with Crippen LogP contribution in [0, 0.1) is 0 Å². The number of hydrogen-bond donors (Lipinski definition) is 2. The molecule has 15 heteroatoms. The largest absolute Gasteiger partial charge is 0.344 e. The molecule has 2 N–H and O–H groups in total. The van der Waals surface area contributed by atoms with E-state index in [1.807, 2.05) is 70.2 Å². The van der Waals surface area contributed by atoms with Crippen LogP contribution in [0.5, 0.6) is 0 Å². The lowest BCUT2D eigenvalue weighted by atomic mass is 9.81. The number of unbranched alkanes of at least 4 members (excludes halogenated alkanes) is 2. The van der Waals surface area contributed by atoms with Crippen molar-refractivity contribution in [3.05, 3.63) is 95.8 Å². The van der Waals surface area contributed by atoms with E-state index in [-0.39, 0.29) is 29.1 Å². The predicted molar refractivity (Wildman–Crippen MR) is 194 cm³/mol. The minimum absolute atomic E-state index is 0.0283. The maximum atomic E-state index is 12.2. The van der Waals surface area contributed by atoms with Crippen LogP contribution in [-0.4, -0.2) is 61.0 Å². The van der Waals surface area contributed by atoms with Gasteiger partial charge in [-0.25, -0.2) is 4.79 Å². The van der Waals surface area contributed by atoms with Crippen molar-refractivity contribution in [3.63, 3.8) is 0 Å². The Balaban J connectivity index is 1.25. The fourth-order valence-corrected chi connectivity index (χ4v) is 7.50. The van der Waals surface area contributed by atoms with E-state index in [1.165, 1.54) is 24.3 Å². The van der Waals surface area contributed by atoms with Gasteiger partial charge in [-0.15, -0.1) is 5.06 Å². The predicted octanol–water partition coefficient (Wildman–Crippen LogP) is 6.06.